The number of hydrogen-bond donors (Lipinski definition) is 3. The summed E-state index contributed by atoms with van der Waals surface area (Å²) in [7, 11) is -3.87. The number of carbonyl (C=O) groups excluding carboxylic acids is 4. The fourth-order valence-electron chi connectivity index (χ4n) is 4.57. The minimum Gasteiger partial charge on any atom is -0.434 e. The molecule has 11 nitrogen and oxygen atoms in total. The maximum Gasteiger partial charge on any atom is 0.427 e. The molecule has 0 aromatic rings. The summed E-state index contributed by atoms with van der Waals surface area (Å²) in [6, 6.07) is -2.40. The van der Waals surface area contributed by atoms with Crippen molar-refractivity contribution in [2.75, 3.05) is 6.54 Å². The number of alkyl halides is 3. The first kappa shape index (κ1) is 31.7. The van der Waals surface area contributed by atoms with Crippen LogP contribution in [0.4, 0.5) is 18.0 Å². The molecule has 4 atom stereocenters. The number of rotatable bonds is 9. The van der Waals surface area contributed by atoms with Crippen molar-refractivity contribution < 1.29 is 45.5 Å². The van der Waals surface area contributed by atoms with E-state index in [4.69, 9.17) is 0 Å². The lowest BCUT2D eigenvalue weighted by Crippen LogP contribution is -2.60. The van der Waals surface area contributed by atoms with Crippen molar-refractivity contribution in [3.63, 3.8) is 0 Å². The van der Waals surface area contributed by atoms with Gasteiger partial charge in [-0.2, -0.15) is 13.2 Å². The molecule has 0 unspecified atom stereocenters. The lowest BCUT2D eigenvalue weighted by molar-refractivity contribution is -0.244. The van der Waals surface area contributed by atoms with Gasteiger partial charge in [0.15, 0.2) is 0 Å². The van der Waals surface area contributed by atoms with E-state index in [2.05, 4.69) is 26.7 Å². The van der Waals surface area contributed by atoms with Gasteiger partial charge in [-0.05, 0) is 51.4 Å². The smallest absolute Gasteiger partial charge is 0.427 e. The van der Waals surface area contributed by atoms with Gasteiger partial charge in [-0.25, -0.2) is 13.2 Å². The standard InChI is InChI=1S/C25H37F3N4O7S/c1-7-14-13-24(14,20(35)31-40(37,38)15-10-11-15)30-18(33)16-9-8-12-32(16)19(34)17(22(2,3)4)29-21(36)39-23(5,6)25(26,27)28/h7,14-17H,1,8-13H2,2-6H3,(H,29,36)(H,30,33)(H,31,35)/t14-,16+,17-,24-/m1/s1. The molecule has 0 aromatic heterocycles. The van der Waals surface area contributed by atoms with E-state index >= 15 is 0 Å². The summed E-state index contributed by atoms with van der Waals surface area (Å²) < 4.78 is 70.9. The average Bonchev–Trinajstić information content (AvgIpc) is 3.71. The predicted octanol–water partition coefficient (Wildman–Crippen LogP) is 2.13. The maximum absolute atomic E-state index is 13.6. The van der Waals surface area contributed by atoms with Gasteiger partial charge in [-0.3, -0.25) is 19.1 Å². The second kappa shape index (κ2) is 10.5. The van der Waals surface area contributed by atoms with E-state index < -0.39 is 79.8 Å². The number of alkyl carbamates (subject to hydrolysis) is 1. The number of hydrogen-bond acceptors (Lipinski definition) is 7. The monoisotopic (exact) mass is 594 g/mol. The highest BCUT2D eigenvalue weighted by molar-refractivity contribution is 7.91. The maximum atomic E-state index is 13.6. The number of carbonyl (C=O) groups is 4. The number of nitrogens with zero attached hydrogens (tertiary/aromatic N) is 1. The summed E-state index contributed by atoms with van der Waals surface area (Å²) in [5, 5.41) is 4.21. The molecule has 0 bridgehead atoms. The second-order valence-electron chi connectivity index (χ2n) is 12.2. The number of nitrogens with one attached hydrogen (secondary N) is 3. The van der Waals surface area contributed by atoms with Crippen molar-refractivity contribution in [2.45, 2.75) is 101 Å². The van der Waals surface area contributed by atoms with Gasteiger partial charge in [-0.15, -0.1) is 6.58 Å². The van der Waals surface area contributed by atoms with Crippen LogP contribution in [0.1, 0.15) is 66.7 Å². The van der Waals surface area contributed by atoms with Crippen molar-refractivity contribution in [1.82, 2.24) is 20.3 Å². The van der Waals surface area contributed by atoms with Crippen LogP contribution < -0.4 is 15.4 Å². The minimum atomic E-state index is -4.85. The van der Waals surface area contributed by atoms with Crippen LogP contribution in [-0.4, -0.2) is 78.3 Å². The average molecular weight is 595 g/mol. The van der Waals surface area contributed by atoms with E-state index in [-0.39, 0.29) is 19.4 Å². The molecule has 1 aliphatic heterocycles. The van der Waals surface area contributed by atoms with Crippen LogP contribution in [0.25, 0.3) is 0 Å². The normalized spacial score (nSPS) is 25.9. The summed E-state index contributed by atoms with van der Waals surface area (Å²) in [6.45, 7) is 9.89. The zero-order chi connectivity index (χ0) is 30.5. The molecular formula is C25H37F3N4O7S. The molecule has 1 saturated heterocycles. The summed E-state index contributed by atoms with van der Waals surface area (Å²) in [5.41, 5.74) is -5.33. The van der Waals surface area contributed by atoms with E-state index in [1.807, 2.05) is 0 Å². The third kappa shape index (κ3) is 6.55. The molecule has 15 heteroatoms. The van der Waals surface area contributed by atoms with Crippen molar-refractivity contribution in [3.8, 4) is 0 Å². The van der Waals surface area contributed by atoms with Gasteiger partial charge in [0.1, 0.15) is 17.6 Å². The first-order valence-electron chi connectivity index (χ1n) is 13.0. The lowest BCUT2D eigenvalue weighted by atomic mass is 9.85. The highest BCUT2D eigenvalue weighted by Crippen LogP contribution is 2.45. The van der Waals surface area contributed by atoms with Gasteiger partial charge in [0.2, 0.25) is 27.4 Å². The van der Waals surface area contributed by atoms with Crippen molar-refractivity contribution in [1.29, 1.82) is 0 Å². The molecular weight excluding hydrogens is 557 g/mol. The second-order valence-corrected chi connectivity index (χ2v) is 14.2. The Morgan fingerprint density at radius 2 is 1.68 bits per heavy atom. The zero-order valence-corrected chi connectivity index (χ0v) is 24.0. The molecule has 2 aliphatic carbocycles. The summed E-state index contributed by atoms with van der Waals surface area (Å²) in [5.74, 6) is -2.80. The zero-order valence-electron chi connectivity index (χ0n) is 23.2. The van der Waals surface area contributed by atoms with Crippen LogP contribution in [0.5, 0.6) is 0 Å². The van der Waals surface area contributed by atoms with E-state index in [9.17, 15) is 40.8 Å². The van der Waals surface area contributed by atoms with Crippen molar-refractivity contribution in [2.24, 2.45) is 11.3 Å². The van der Waals surface area contributed by atoms with E-state index in [1.165, 1.54) is 11.0 Å². The highest BCUT2D eigenvalue weighted by atomic mass is 32.2. The number of amides is 4. The van der Waals surface area contributed by atoms with E-state index in [0.29, 0.717) is 33.1 Å². The first-order chi connectivity index (χ1) is 18.2. The Labute approximate surface area is 231 Å². The number of likely N-dealkylation sites (tertiary alicyclic amines) is 1. The predicted molar refractivity (Wildman–Crippen MR) is 137 cm³/mol. The van der Waals surface area contributed by atoms with Crippen LogP contribution in [0, 0.1) is 11.3 Å². The largest absolute Gasteiger partial charge is 0.434 e. The van der Waals surface area contributed by atoms with Crippen molar-refractivity contribution >= 4 is 33.8 Å². The quantitative estimate of drug-likeness (QED) is 0.346. The molecule has 40 heavy (non-hydrogen) atoms. The first-order valence-corrected chi connectivity index (χ1v) is 14.6. The molecule has 226 valence electrons. The number of ether oxygens (including phenoxy) is 1. The van der Waals surface area contributed by atoms with Gasteiger partial charge < -0.3 is 20.3 Å². The Bertz CT molecular complexity index is 1180. The van der Waals surface area contributed by atoms with Crippen LogP contribution in [0.2, 0.25) is 0 Å². The number of halogens is 3. The van der Waals surface area contributed by atoms with E-state index in [0.717, 1.165) is 0 Å². The Morgan fingerprint density at radius 1 is 1.07 bits per heavy atom. The Hall–Kier alpha value is -2.84. The van der Waals surface area contributed by atoms with Gasteiger partial charge in [0, 0.05) is 12.5 Å². The fourth-order valence-corrected chi connectivity index (χ4v) is 5.94. The summed E-state index contributed by atoms with van der Waals surface area (Å²) in [4.78, 5) is 53.6. The van der Waals surface area contributed by atoms with Crippen LogP contribution >= 0.6 is 0 Å². The van der Waals surface area contributed by atoms with Gasteiger partial charge in [-0.1, -0.05) is 26.8 Å². The lowest BCUT2D eigenvalue weighted by Gasteiger charge is -2.36. The molecule has 3 N–H and O–H groups in total. The molecule has 3 rings (SSSR count). The summed E-state index contributed by atoms with van der Waals surface area (Å²) in [6.07, 6.45) is -3.22. The molecule has 3 fully saturated rings. The Kier molecular flexibility index (Phi) is 8.34. The molecule has 4 amide bonds. The fraction of sp³-hybridized carbons (Fsp3) is 0.760. The third-order valence-corrected chi connectivity index (χ3v) is 9.31. The molecule has 3 aliphatic rings. The van der Waals surface area contributed by atoms with Crippen LogP contribution in [-0.2, 0) is 29.1 Å². The SMILES string of the molecule is C=C[C@@H]1C[C@]1(NC(=O)[C@@H]1CCCN1C(=O)[C@@H](NC(=O)OC(C)(C)C(F)(F)F)C(C)(C)C)C(=O)NS(=O)(=O)C1CC1. The molecule has 2 saturated carbocycles. The minimum absolute atomic E-state index is 0.119. The van der Waals surface area contributed by atoms with E-state index in [1.54, 1.807) is 20.8 Å². The summed E-state index contributed by atoms with van der Waals surface area (Å²) >= 11 is 0. The third-order valence-electron chi connectivity index (χ3n) is 7.49. The number of sulfonamides is 1. The molecule has 0 radical (unpaired) electrons. The van der Waals surface area contributed by atoms with Gasteiger partial charge in [0.25, 0.3) is 5.91 Å². The topological polar surface area (TPSA) is 151 Å². The molecule has 0 aromatic carbocycles. The van der Waals surface area contributed by atoms with Crippen LogP contribution in [0.3, 0.4) is 0 Å². The Balaban J connectivity index is 1.75. The Morgan fingerprint density at radius 3 is 2.15 bits per heavy atom. The van der Waals surface area contributed by atoms with Crippen molar-refractivity contribution in [3.05, 3.63) is 12.7 Å². The van der Waals surface area contributed by atoms with Gasteiger partial charge in [0.05, 0.1) is 5.25 Å². The molecule has 0 spiro atoms. The van der Waals surface area contributed by atoms with Gasteiger partial charge >= 0.3 is 12.3 Å². The van der Waals surface area contributed by atoms with Crippen LogP contribution in [0.15, 0.2) is 12.7 Å². The highest BCUT2D eigenvalue weighted by Gasteiger charge is 2.61. The molecule has 1 heterocycles.